The van der Waals surface area contributed by atoms with Crippen LogP contribution in [-0.2, 0) is 9.53 Å². The van der Waals surface area contributed by atoms with Gasteiger partial charge in [0.1, 0.15) is 6.10 Å². The van der Waals surface area contributed by atoms with Gasteiger partial charge in [0.05, 0.1) is 12.5 Å². The third-order valence-corrected chi connectivity index (χ3v) is 1.96. The molecule has 80 valence electrons. The molecule has 1 unspecified atom stereocenters. The molecule has 0 fully saturated rings. The molecule has 5 heteroatoms. The van der Waals surface area contributed by atoms with Gasteiger partial charge in [-0.25, -0.2) is 0 Å². The molecule has 0 aromatic carbocycles. The average molecular weight is 199 g/mol. The smallest absolute Gasteiger partial charge is 0.253 e. The van der Waals surface area contributed by atoms with Crippen LogP contribution in [0, 0.1) is 11.3 Å². The molecule has 0 aliphatic heterocycles. The Labute approximate surface area is 84.4 Å². The molecule has 5 nitrogen and oxygen atoms in total. The zero-order chi connectivity index (χ0) is 11.0. The first-order chi connectivity index (χ1) is 6.71. The van der Waals surface area contributed by atoms with Crippen molar-refractivity contribution in [3.63, 3.8) is 0 Å². The van der Waals surface area contributed by atoms with E-state index in [1.165, 1.54) is 7.11 Å². The summed E-state index contributed by atoms with van der Waals surface area (Å²) in [5.41, 5.74) is 5.37. The molecule has 0 heterocycles. The summed E-state index contributed by atoms with van der Waals surface area (Å²) in [5.74, 6) is -0.146. The Hall–Kier alpha value is -1.12. The van der Waals surface area contributed by atoms with Crippen molar-refractivity contribution in [2.45, 2.75) is 19.4 Å². The Morgan fingerprint density at radius 1 is 1.71 bits per heavy atom. The molecule has 0 radical (unpaired) electrons. The van der Waals surface area contributed by atoms with Crippen molar-refractivity contribution in [3.05, 3.63) is 0 Å². The zero-order valence-electron chi connectivity index (χ0n) is 8.69. The molecular weight excluding hydrogens is 182 g/mol. The quantitative estimate of drug-likeness (QED) is 0.638. The lowest BCUT2D eigenvalue weighted by molar-refractivity contribution is -0.141. The standard InChI is InChI=1S/C9H17N3O2/c1-3-12(6-4-5-10)9(13)8(7-11)14-2/h8H,3-4,6-7,11H2,1-2H3. The number of likely N-dealkylation sites (N-methyl/N-ethyl adjacent to an activating group) is 1. The first-order valence-corrected chi connectivity index (χ1v) is 4.59. The van der Waals surface area contributed by atoms with Gasteiger partial charge >= 0.3 is 0 Å². The number of carbonyl (C=O) groups excluding carboxylic acids is 1. The predicted molar refractivity (Wildman–Crippen MR) is 52.3 cm³/mol. The van der Waals surface area contributed by atoms with E-state index in [4.69, 9.17) is 15.7 Å². The third-order valence-electron chi connectivity index (χ3n) is 1.96. The monoisotopic (exact) mass is 199 g/mol. The zero-order valence-corrected chi connectivity index (χ0v) is 8.69. The summed E-state index contributed by atoms with van der Waals surface area (Å²) in [5, 5.41) is 8.40. The molecule has 0 rings (SSSR count). The van der Waals surface area contributed by atoms with E-state index < -0.39 is 6.10 Å². The van der Waals surface area contributed by atoms with Crippen molar-refractivity contribution in [2.24, 2.45) is 5.73 Å². The number of carbonyl (C=O) groups is 1. The van der Waals surface area contributed by atoms with Crippen molar-refractivity contribution in [2.75, 3.05) is 26.7 Å². The minimum atomic E-state index is -0.589. The lowest BCUT2D eigenvalue weighted by Crippen LogP contribution is -2.43. The molecule has 0 spiro atoms. The Balaban J connectivity index is 4.22. The van der Waals surface area contributed by atoms with E-state index in [1.54, 1.807) is 4.90 Å². The third kappa shape index (κ3) is 3.73. The van der Waals surface area contributed by atoms with Crippen LogP contribution in [0.25, 0.3) is 0 Å². The summed E-state index contributed by atoms with van der Waals surface area (Å²) in [6.45, 7) is 3.03. The maximum atomic E-state index is 11.7. The van der Waals surface area contributed by atoms with Crippen LogP contribution in [0.15, 0.2) is 0 Å². The molecule has 1 atom stereocenters. The first-order valence-electron chi connectivity index (χ1n) is 4.59. The molecule has 0 saturated carbocycles. The van der Waals surface area contributed by atoms with Gasteiger partial charge in [0.2, 0.25) is 0 Å². The number of nitrogens with two attached hydrogens (primary N) is 1. The van der Waals surface area contributed by atoms with E-state index in [0.717, 1.165) is 0 Å². The van der Waals surface area contributed by atoms with E-state index in [0.29, 0.717) is 19.5 Å². The lowest BCUT2D eigenvalue weighted by atomic mass is 10.3. The predicted octanol–water partition coefficient (Wildman–Crippen LogP) is -0.278. The highest BCUT2D eigenvalue weighted by molar-refractivity contribution is 5.81. The second-order valence-electron chi connectivity index (χ2n) is 2.79. The topological polar surface area (TPSA) is 79.4 Å². The van der Waals surface area contributed by atoms with Crippen molar-refractivity contribution in [1.82, 2.24) is 4.90 Å². The van der Waals surface area contributed by atoms with Gasteiger partial charge in [0.25, 0.3) is 5.91 Å². The van der Waals surface area contributed by atoms with Crippen LogP contribution in [0.4, 0.5) is 0 Å². The number of hydrogen-bond donors (Lipinski definition) is 1. The van der Waals surface area contributed by atoms with Gasteiger partial charge in [-0.1, -0.05) is 0 Å². The normalized spacial score (nSPS) is 11.9. The fourth-order valence-corrected chi connectivity index (χ4v) is 1.11. The number of ether oxygens (including phenoxy) is 1. The number of nitrogens with zero attached hydrogens (tertiary/aromatic N) is 2. The highest BCUT2D eigenvalue weighted by Gasteiger charge is 2.21. The van der Waals surface area contributed by atoms with Crippen molar-refractivity contribution >= 4 is 5.91 Å². The number of nitriles is 1. The van der Waals surface area contributed by atoms with Gasteiger partial charge in [-0.15, -0.1) is 0 Å². The minimum Gasteiger partial charge on any atom is -0.370 e. The van der Waals surface area contributed by atoms with E-state index in [2.05, 4.69) is 0 Å². The number of rotatable bonds is 6. The first kappa shape index (κ1) is 12.9. The highest BCUT2D eigenvalue weighted by atomic mass is 16.5. The van der Waals surface area contributed by atoms with Crippen LogP contribution in [0.1, 0.15) is 13.3 Å². The number of amides is 1. The minimum absolute atomic E-state index is 0.146. The SMILES string of the molecule is CCN(CCC#N)C(=O)C(CN)OC. The van der Waals surface area contributed by atoms with Crippen molar-refractivity contribution < 1.29 is 9.53 Å². The second-order valence-corrected chi connectivity index (χ2v) is 2.79. The summed E-state index contributed by atoms with van der Waals surface area (Å²) < 4.78 is 4.92. The van der Waals surface area contributed by atoms with E-state index in [9.17, 15) is 4.79 Å². The van der Waals surface area contributed by atoms with Crippen molar-refractivity contribution in [1.29, 1.82) is 5.26 Å². The van der Waals surface area contributed by atoms with E-state index in [-0.39, 0.29) is 12.5 Å². The fraction of sp³-hybridized carbons (Fsp3) is 0.778. The van der Waals surface area contributed by atoms with Gasteiger partial charge in [-0.2, -0.15) is 5.26 Å². The Kier molecular flexibility index (Phi) is 6.72. The van der Waals surface area contributed by atoms with Crippen molar-refractivity contribution in [3.8, 4) is 6.07 Å². The van der Waals surface area contributed by atoms with Gasteiger partial charge in [-0.3, -0.25) is 4.79 Å². The molecule has 14 heavy (non-hydrogen) atoms. The van der Waals surface area contributed by atoms with Gasteiger partial charge in [0, 0.05) is 26.7 Å². The summed E-state index contributed by atoms with van der Waals surface area (Å²) in [7, 11) is 1.45. The molecule has 0 saturated heterocycles. The Morgan fingerprint density at radius 2 is 2.36 bits per heavy atom. The Morgan fingerprint density at radius 3 is 2.71 bits per heavy atom. The van der Waals surface area contributed by atoms with E-state index in [1.807, 2.05) is 13.0 Å². The molecule has 0 aliphatic rings. The molecule has 0 bridgehead atoms. The van der Waals surface area contributed by atoms with Gasteiger partial charge < -0.3 is 15.4 Å². The van der Waals surface area contributed by atoms with Gasteiger partial charge in [-0.05, 0) is 6.92 Å². The Bertz CT molecular complexity index is 209. The highest BCUT2D eigenvalue weighted by Crippen LogP contribution is 1.98. The molecule has 0 aromatic heterocycles. The fourth-order valence-electron chi connectivity index (χ4n) is 1.11. The van der Waals surface area contributed by atoms with Crippen LogP contribution < -0.4 is 5.73 Å². The van der Waals surface area contributed by atoms with Crippen LogP contribution in [-0.4, -0.2) is 43.7 Å². The van der Waals surface area contributed by atoms with Crippen LogP contribution >= 0.6 is 0 Å². The largest absolute Gasteiger partial charge is 0.370 e. The maximum absolute atomic E-state index is 11.7. The molecular formula is C9H17N3O2. The summed E-state index contributed by atoms with van der Waals surface area (Å²) in [4.78, 5) is 13.2. The van der Waals surface area contributed by atoms with Crippen LogP contribution in [0.2, 0.25) is 0 Å². The molecule has 0 aliphatic carbocycles. The molecule has 2 N–H and O–H groups in total. The summed E-state index contributed by atoms with van der Waals surface area (Å²) in [6.07, 6.45) is -0.255. The van der Waals surface area contributed by atoms with Crippen LogP contribution in [0.5, 0.6) is 0 Å². The molecule has 1 amide bonds. The average Bonchev–Trinajstić information content (AvgIpc) is 2.21. The van der Waals surface area contributed by atoms with Crippen LogP contribution in [0.3, 0.4) is 0 Å². The lowest BCUT2D eigenvalue weighted by Gasteiger charge is -2.23. The maximum Gasteiger partial charge on any atom is 0.253 e. The number of hydrogen-bond acceptors (Lipinski definition) is 4. The van der Waals surface area contributed by atoms with E-state index >= 15 is 0 Å². The summed E-state index contributed by atoms with van der Waals surface area (Å²) >= 11 is 0. The second kappa shape index (κ2) is 7.30. The summed E-state index contributed by atoms with van der Waals surface area (Å²) in [6, 6.07) is 2.00. The number of methoxy groups -OCH3 is 1. The molecule has 0 aromatic rings. The van der Waals surface area contributed by atoms with Gasteiger partial charge in [0.15, 0.2) is 0 Å².